The van der Waals surface area contributed by atoms with E-state index in [4.69, 9.17) is 0 Å². The van der Waals surface area contributed by atoms with Gasteiger partial charge in [-0.2, -0.15) is 0 Å². The molecule has 0 bridgehead atoms. The lowest BCUT2D eigenvalue weighted by atomic mass is 10.2. The number of aromatic nitrogens is 2. The van der Waals surface area contributed by atoms with Gasteiger partial charge in [-0.3, -0.25) is 13.9 Å². The second kappa shape index (κ2) is 5.40. The van der Waals surface area contributed by atoms with E-state index in [1.165, 1.54) is 11.6 Å². The summed E-state index contributed by atoms with van der Waals surface area (Å²) in [5.41, 5.74) is 0.237. The molecule has 0 fully saturated rings. The van der Waals surface area contributed by atoms with Crippen molar-refractivity contribution in [3.8, 4) is 0 Å². The number of rotatable bonds is 4. The van der Waals surface area contributed by atoms with E-state index in [2.05, 4.69) is 4.90 Å². The molecule has 0 N–H and O–H groups in total. The zero-order chi connectivity index (χ0) is 14.0. The Balaban J connectivity index is 2.53. The Morgan fingerprint density at radius 2 is 1.84 bits per heavy atom. The molecule has 0 spiro atoms. The molecule has 0 amide bonds. The van der Waals surface area contributed by atoms with Gasteiger partial charge in [-0.25, -0.2) is 4.79 Å². The Morgan fingerprint density at radius 1 is 1.16 bits per heavy atom. The Kier molecular flexibility index (Phi) is 3.85. The molecule has 1 aromatic carbocycles. The van der Waals surface area contributed by atoms with Crippen molar-refractivity contribution in [2.75, 3.05) is 20.6 Å². The number of hydrogen-bond donors (Lipinski definition) is 0. The minimum atomic E-state index is -0.248. The maximum atomic E-state index is 12.2. The summed E-state index contributed by atoms with van der Waals surface area (Å²) in [6.07, 6.45) is 0.870. The van der Waals surface area contributed by atoms with Crippen LogP contribution in [0.4, 0.5) is 0 Å². The van der Waals surface area contributed by atoms with Gasteiger partial charge in [0.15, 0.2) is 0 Å². The predicted molar refractivity (Wildman–Crippen MR) is 76.6 cm³/mol. The van der Waals surface area contributed by atoms with E-state index in [1.54, 1.807) is 10.6 Å². The summed E-state index contributed by atoms with van der Waals surface area (Å²) in [5.74, 6) is 0. The smallest absolute Gasteiger partial charge is 0.309 e. The van der Waals surface area contributed by atoms with Crippen LogP contribution in [-0.4, -0.2) is 34.7 Å². The van der Waals surface area contributed by atoms with E-state index >= 15 is 0 Å². The van der Waals surface area contributed by atoms with Crippen LogP contribution in [-0.2, 0) is 13.6 Å². The third-order valence-corrected chi connectivity index (χ3v) is 3.23. The summed E-state index contributed by atoms with van der Waals surface area (Å²) in [6.45, 7) is 1.52. The topological polar surface area (TPSA) is 47.2 Å². The van der Waals surface area contributed by atoms with Gasteiger partial charge < -0.3 is 4.90 Å². The fourth-order valence-corrected chi connectivity index (χ4v) is 2.20. The van der Waals surface area contributed by atoms with Gasteiger partial charge in [0, 0.05) is 13.6 Å². The molecule has 19 heavy (non-hydrogen) atoms. The van der Waals surface area contributed by atoms with Crippen molar-refractivity contribution in [2.24, 2.45) is 7.05 Å². The largest absolute Gasteiger partial charge is 0.331 e. The van der Waals surface area contributed by atoms with Crippen LogP contribution in [0.3, 0.4) is 0 Å². The number of para-hydroxylation sites is 1. The lowest BCUT2D eigenvalue weighted by Crippen LogP contribution is -2.38. The van der Waals surface area contributed by atoms with E-state index in [0.717, 1.165) is 13.0 Å². The molecule has 1 heterocycles. The maximum absolute atomic E-state index is 12.2. The lowest BCUT2D eigenvalue weighted by molar-refractivity contribution is 0.384. The first-order chi connectivity index (χ1) is 9.02. The van der Waals surface area contributed by atoms with Crippen LogP contribution in [0.25, 0.3) is 10.9 Å². The van der Waals surface area contributed by atoms with E-state index < -0.39 is 0 Å². The van der Waals surface area contributed by atoms with Gasteiger partial charge >= 0.3 is 5.69 Å². The van der Waals surface area contributed by atoms with Gasteiger partial charge in [0.1, 0.15) is 0 Å². The van der Waals surface area contributed by atoms with Gasteiger partial charge in [0.05, 0.1) is 10.9 Å². The minimum Gasteiger partial charge on any atom is -0.309 e. The maximum Gasteiger partial charge on any atom is 0.331 e. The highest BCUT2D eigenvalue weighted by molar-refractivity contribution is 5.77. The average molecular weight is 261 g/mol. The molecule has 0 aliphatic rings. The van der Waals surface area contributed by atoms with Crippen LogP contribution in [0.15, 0.2) is 33.9 Å². The number of nitrogens with zero attached hydrogens (tertiary/aromatic N) is 3. The minimum absolute atomic E-state index is 0.232. The first kappa shape index (κ1) is 13.5. The Labute approximate surface area is 111 Å². The normalized spacial score (nSPS) is 11.4. The molecule has 1 aromatic heterocycles. The standard InChI is InChI=1S/C14H19N3O2/c1-15(2)9-6-10-17-12-8-5-4-7-11(12)13(18)16(3)14(17)19/h4-5,7-8H,6,9-10H2,1-3H3. The van der Waals surface area contributed by atoms with Gasteiger partial charge in [0.2, 0.25) is 0 Å². The number of aryl methyl sites for hydroxylation is 1. The zero-order valence-electron chi connectivity index (χ0n) is 11.6. The van der Waals surface area contributed by atoms with Crippen molar-refractivity contribution in [1.29, 1.82) is 0 Å². The predicted octanol–water partition coefficient (Wildman–Crippen LogP) is 0.652. The second-order valence-electron chi connectivity index (χ2n) is 4.97. The molecular weight excluding hydrogens is 242 g/mol. The number of hydrogen-bond acceptors (Lipinski definition) is 3. The fraction of sp³-hybridized carbons (Fsp3) is 0.429. The molecule has 5 nitrogen and oxygen atoms in total. The van der Waals surface area contributed by atoms with Crippen molar-refractivity contribution < 1.29 is 0 Å². The summed E-state index contributed by atoms with van der Waals surface area (Å²) in [7, 11) is 5.53. The monoisotopic (exact) mass is 261 g/mol. The summed E-state index contributed by atoms with van der Waals surface area (Å²) in [4.78, 5) is 26.3. The van der Waals surface area contributed by atoms with Gasteiger partial charge in [-0.05, 0) is 39.2 Å². The molecule has 0 unspecified atom stereocenters. The molecular formula is C14H19N3O2. The summed E-state index contributed by atoms with van der Waals surface area (Å²) >= 11 is 0. The first-order valence-corrected chi connectivity index (χ1v) is 6.35. The Bertz CT molecular complexity index is 698. The molecule has 0 saturated heterocycles. The molecule has 5 heteroatoms. The third-order valence-electron chi connectivity index (χ3n) is 3.23. The van der Waals surface area contributed by atoms with Crippen LogP contribution < -0.4 is 11.2 Å². The summed E-state index contributed by atoms with van der Waals surface area (Å²) < 4.78 is 2.86. The molecule has 2 rings (SSSR count). The van der Waals surface area contributed by atoms with Gasteiger partial charge in [0.25, 0.3) is 5.56 Å². The quantitative estimate of drug-likeness (QED) is 0.812. The van der Waals surface area contributed by atoms with E-state index in [0.29, 0.717) is 17.4 Å². The van der Waals surface area contributed by atoms with Crippen molar-refractivity contribution >= 4 is 10.9 Å². The van der Waals surface area contributed by atoms with Crippen LogP contribution in [0.1, 0.15) is 6.42 Å². The van der Waals surface area contributed by atoms with Gasteiger partial charge in [-0.15, -0.1) is 0 Å². The van der Waals surface area contributed by atoms with E-state index in [-0.39, 0.29) is 11.2 Å². The van der Waals surface area contributed by atoms with Crippen molar-refractivity contribution in [1.82, 2.24) is 14.0 Å². The van der Waals surface area contributed by atoms with Crippen LogP contribution in [0, 0.1) is 0 Å². The highest BCUT2D eigenvalue weighted by atomic mass is 16.2. The van der Waals surface area contributed by atoms with Gasteiger partial charge in [-0.1, -0.05) is 12.1 Å². The van der Waals surface area contributed by atoms with Crippen LogP contribution >= 0.6 is 0 Å². The van der Waals surface area contributed by atoms with Crippen LogP contribution in [0.2, 0.25) is 0 Å². The number of benzene rings is 1. The molecule has 2 aromatic rings. The first-order valence-electron chi connectivity index (χ1n) is 6.35. The lowest BCUT2D eigenvalue weighted by Gasteiger charge is -2.13. The summed E-state index contributed by atoms with van der Waals surface area (Å²) in [6, 6.07) is 7.26. The second-order valence-corrected chi connectivity index (χ2v) is 4.97. The molecule has 0 aliphatic carbocycles. The molecule has 0 aliphatic heterocycles. The molecule has 0 atom stereocenters. The summed E-state index contributed by atoms with van der Waals surface area (Å²) in [5, 5.41) is 0.592. The highest BCUT2D eigenvalue weighted by Crippen LogP contribution is 2.07. The van der Waals surface area contributed by atoms with E-state index in [1.807, 2.05) is 32.3 Å². The fourth-order valence-electron chi connectivity index (χ4n) is 2.20. The molecule has 0 saturated carbocycles. The molecule has 102 valence electrons. The van der Waals surface area contributed by atoms with E-state index in [9.17, 15) is 9.59 Å². The Hall–Kier alpha value is -1.88. The Morgan fingerprint density at radius 3 is 2.53 bits per heavy atom. The average Bonchev–Trinajstić information content (AvgIpc) is 2.40. The van der Waals surface area contributed by atoms with Crippen molar-refractivity contribution in [3.05, 3.63) is 45.1 Å². The van der Waals surface area contributed by atoms with Crippen LogP contribution in [0.5, 0.6) is 0 Å². The number of fused-ring (bicyclic) bond motifs is 1. The third kappa shape index (κ3) is 2.61. The van der Waals surface area contributed by atoms with Crippen molar-refractivity contribution in [2.45, 2.75) is 13.0 Å². The van der Waals surface area contributed by atoms with Crippen molar-refractivity contribution in [3.63, 3.8) is 0 Å². The molecule has 0 radical (unpaired) electrons. The zero-order valence-corrected chi connectivity index (χ0v) is 11.6. The SMILES string of the molecule is CN(C)CCCn1c(=O)n(C)c(=O)c2ccccc21. The highest BCUT2D eigenvalue weighted by Gasteiger charge is 2.09.